The molecule has 0 bridgehead atoms. The van der Waals surface area contributed by atoms with Crippen LogP contribution in [0, 0.1) is 0 Å². The first-order chi connectivity index (χ1) is 5.39. The second kappa shape index (κ2) is 4.39. The third kappa shape index (κ3) is 4.27. The van der Waals surface area contributed by atoms with E-state index in [0.717, 1.165) is 0 Å². The molecule has 0 amide bonds. The fourth-order valence-electron chi connectivity index (χ4n) is 0.623. The van der Waals surface area contributed by atoms with Crippen molar-refractivity contribution < 1.29 is 24.9 Å². The van der Waals surface area contributed by atoms with E-state index in [1.807, 2.05) is 0 Å². The summed E-state index contributed by atoms with van der Waals surface area (Å²) in [5.41, 5.74) is 0. The maximum Gasteiger partial charge on any atom is 0.338 e. The van der Waals surface area contributed by atoms with Crippen LogP contribution >= 0.6 is 0 Å². The molecule has 3 N–H and O–H groups in total. The summed E-state index contributed by atoms with van der Waals surface area (Å²) in [6, 6.07) is 0. The van der Waals surface area contributed by atoms with Crippen LogP contribution in [0.25, 0.3) is 0 Å². The van der Waals surface area contributed by atoms with Gasteiger partial charge in [-0.15, -0.1) is 0 Å². The van der Waals surface area contributed by atoms with Crippen LogP contribution in [0.4, 0.5) is 0 Å². The van der Waals surface area contributed by atoms with E-state index in [9.17, 15) is 4.79 Å². The molecule has 0 aromatic rings. The summed E-state index contributed by atoms with van der Waals surface area (Å²) in [5.74, 6) is -3.50. The zero-order chi connectivity index (χ0) is 9.78. The summed E-state index contributed by atoms with van der Waals surface area (Å²) in [5, 5.41) is 26.5. The van der Waals surface area contributed by atoms with Gasteiger partial charge in [-0.25, -0.2) is 4.79 Å². The Labute approximate surface area is 70.6 Å². The van der Waals surface area contributed by atoms with Gasteiger partial charge in [0.25, 0.3) is 0 Å². The zero-order valence-electron chi connectivity index (χ0n) is 7.15. The van der Waals surface area contributed by atoms with Gasteiger partial charge >= 0.3 is 11.9 Å². The lowest BCUT2D eigenvalue weighted by Gasteiger charge is -2.21. The largest absolute Gasteiger partial charge is 0.406 e. The van der Waals surface area contributed by atoms with E-state index < -0.39 is 18.0 Å². The minimum Gasteiger partial charge on any atom is -0.406 e. The van der Waals surface area contributed by atoms with Gasteiger partial charge in [-0.1, -0.05) is 6.92 Å². The predicted octanol–water partition coefficient (Wildman–Crippen LogP) is -0.651. The van der Waals surface area contributed by atoms with E-state index in [4.69, 9.17) is 15.3 Å². The fraction of sp³-hybridized carbons (Fsp3) is 0.857. The highest BCUT2D eigenvalue weighted by molar-refractivity contribution is 5.74. The van der Waals surface area contributed by atoms with Crippen LogP contribution < -0.4 is 0 Å². The molecule has 0 rings (SSSR count). The average Bonchev–Trinajstić information content (AvgIpc) is 1.85. The smallest absolute Gasteiger partial charge is 0.338 e. The first-order valence-corrected chi connectivity index (χ1v) is 3.74. The Morgan fingerprint density at radius 2 is 2.08 bits per heavy atom. The monoisotopic (exact) mass is 178 g/mol. The third-order valence-corrected chi connectivity index (χ3v) is 1.18. The molecule has 0 aliphatic carbocycles. The van der Waals surface area contributed by atoms with E-state index in [0.29, 0.717) is 6.42 Å². The Morgan fingerprint density at radius 1 is 1.58 bits per heavy atom. The van der Waals surface area contributed by atoms with Gasteiger partial charge in [-0.2, -0.15) is 0 Å². The zero-order valence-corrected chi connectivity index (χ0v) is 7.15. The number of aliphatic hydroxyl groups is 3. The van der Waals surface area contributed by atoms with E-state index in [-0.39, 0.29) is 6.42 Å². The summed E-state index contributed by atoms with van der Waals surface area (Å²) in [7, 11) is 0. The van der Waals surface area contributed by atoms with Crippen molar-refractivity contribution in [1.29, 1.82) is 0 Å². The number of rotatable bonds is 4. The van der Waals surface area contributed by atoms with Gasteiger partial charge in [0.2, 0.25) is 0 Å². The van der Waals surface area contributed by atoms with Crippen molar-refractivity contribution in [2.24, 2.45) is 0 Å². The number of carbonyl (C=O) groups is 1. The van der Waals surface area contributed by atoms with Crippen LogP contribution in [0.2, 0.25) is 0 Å². The maximum absolute atomic E-state index is 10.6. The molecule has 0 aliphatic rings. The summed E-state index contributed by atoms with van der Waals surface area (Å²) < 4.78 is 4.16. The highest BCUT2D eigenvalue weighted by atomic mass is 16.8. The topological polar surface area (TPSA) is 87.0 Å². The highest BCUT2D eigenvalue weighted by Crippen LogP contribution is 2.11. The molecule has 0 saturated heterocycles. The Hall–Kier alpha value is -0.650. The Kier molecular flexibility index (Phi) is 4.16. The van der Waals surface area contributed by atoms with Crippen molar-refractivity contribution in [2.75, 3.05) is 0 Å². The van der Waals surface area contributed by atoms with Gasteiger partial charge in [0.05, 0.1) is 0 Å². The first-order valence-electron chi connectivity index (χ1n) is 3.74. The van der Waals surface area contributed by atoms with Crippen LogP contribution in [-0.4, -0.2) is 33.4 Å². The number of carbonyl (C=O) groups excluding carboxylic acids is 1. The number of aliphatic hydroxyl groups excluding tert-OH is 1. The minimum absolute atomic E-state index is 0.0779. The summed E-state index contributed by atoms with van der Waals surface area (Å²) in [6.07, 6.45) is -0.966. The van der Waals surface area contributed by atoms with E-state index in [1.54, 1.807) is 6.92 Å². The van der Waals surface area contributed by atoms with E-state index in [1.165, 1.54) is 6.92 Å². The Balaban J connectivity index is 3.96. The molecule has 0 radical (unpaired) electrons. The standard InChI is InChI=1S/C7H14O5/c1-3-4-7(10,11)12-6(9)5(2)8/h5,8,10-11H,3-4H2,1-2H3. The average molecular weight is 178 g/mol. The molecular weight excluding hydrogens is 164 g/mol. The van der Waals surface area contributed by atoms with Crippen LogP contribution in [0.5, 0.6) is 0 Å². The summed E-state index contributed by atoms with van der Waals surface area (Å²) >= 11 is 0. The Bertz CT molecular complexity index is 152. The molecule has 0 aromatic carbocycles. The van der Waals surface area contributed by atoms with Crippen molar-refractivity contribution in [3.8, 4) is 0 Å². The normalized spacial score (nSPS) is 14.1. The molecule has 0 aliphatic heterocycles. The fourth-order valence-corrected chi connectivity index (χ4v) is 0.623. The van der Waals surface area contributed by atoms with E-state index >= 15 is 0 Å². The molecule has 72 valence electrons. The molecule has 0 fully saturated rings. The Morgan fingerprint density at radius 3 is 2.42 bits per heavy atom. The summed E-state index contributed by atoms with van der Waals surface area (Å²) in [6.45, 7) is 2.89. The van der Waals surface area contributed by atoms with Crippen molar-refractivity contribution in [1.82, 2.24) is 0 Å². The molecule has 12 heavy (non-hydrogen) atoms. The highest BCUT2D eigenvalue weighted by Gasteiger charge is 2.28. The van der Waals surface area contributed by atoms with Crippen LogP contribution in [0.3, 0.4) is 0 Å². The van der Waals surface area contributed by atoms with Crippen molar-refractivity contribution in [3.63, 3.8) is 0 Å². The van der Waals surface area contributed by atoms with Crippen LogP contribution in [-0.2, 0) is 9.53 Å². The van der Waals surface area contributed by atoms with Gasteiger partial charge < -0.3 is 20.1 Å². The number of ether oxygens (including phenoxy) is 1. The third-order valence-electron chi connectivity index (χ3n) is 1.18. The maximum atomic E-state index is 10.6. The van der Waals surface area contributed by atoms with Crippen molar-refractivity contribution >= 4 is 5.97 Å². The summed E-state index contributed by atoms with van der Waals surface area (Å²) in [4.78, 5) is 10.6. The number of hydrogen-bond donors (Lipinski definition) is 3. The van der Waals surface area contributed by atoms with Gasteiger partial charge in [0.1, 0.15) is 6.10 Å². The van der Waals surface area contributed by atoms with Gasteiger partial charge in [-0.3, -0.25) is 0 Å². The van der Waals surface area contributed by atoms with Gasteiger partial charge in [0.15, 0.2) is 0 Å². The first kappa shape index (κ1) is 11.4. The quantitative estimate of drug-likeness (QED) is 0.393. The molecule has 0 aromatic heterocycles. The molecule has 5 nitrogen and oxygen atoms in total. The number of hydrogen-bond acceptors (Lipinski definition) is 5. The molecule has 5 heteroatoms. The minimum atomic E-state index is -2.46. The second-order valence-corrected chi connectivity index (χ2v) is 2.59. The van der Waals surface area contributed by atoms with Crippen LogP contribution in [0.1, 0.15) is 26.7 Å². The molecule has 0 heterocycles. The van der Waals surface area contributed by atoms with Crippen LogP contribution in [0.15, 0.2) is 0 Å². The van der Waals surface area contributed by atoms with Gasteiger partial charge in [-0.05, 0) is 13.3 Å². The molecule has 0 saturated carbocycles. The molecule has 1 unspecified atom stereocenters. The molecule has 0 spiro atoms. The number of esters is 1. The lowest BCUT2D eigenvalue weighted by molar-refractivity contribution is -0.324. The van der Waals surface area contributed by atoms with Crippen molar-refractivity contribution in [2.45, 2.75) is 38.8 Å². The lowest BCUT2D eigenvalue weighted by atomic mass is 10.3. The molecular formula is C7H14O5. The van der Waals surface area contributed by atoms with Crippen molar-refractivity contribution in [3.05, 3.63) is 0 Å². The predicted molar refractivity (Wildman–Crippen MR) is 39.8 cm³/mol. The second-order valence-electron chi connectivity index (χ2n) is 2.59. The SMILES string of the molecule is CCCC(O)(O)OC(=O)C(C)O. The molecule has 1 atom stereocenters. The lowest BCUT2D eigenvalue weighted by Crippen LogP contribution is -2.37. The van der Waals surface area contributed by atoms with E-state index in [2.05, 4.69) is 4.74 Å². The van der Waals surface area contributed by atoms with Gasteiger partial charge in [0, 0.05) is 6.42 Å².